The molecule has 6 nitrogen and oxygen atoms in total. The van der Waals surface area contributed by atoms with E-state index in [1.54, 1.807) is 0 Å². The van der Waals surface area contributed by atoms with Crippen LogP contribution < -0.4 is 15.8 Å². The van der Waals surface area contributed by atoms with Crippen molar-refractivity contribution in [3.05, 3.63) is 51.9 Å². The number of hydrogen-bond acceptors (Lipinski definition) is 4. The van der Waals surface area contributed by atoms with Gasteiger partial charge in [0.05, 0.1) is 0 Å². The van der Waals surface area contributed by atoms with Crippen LogP contribution in [0.4, 0.5) is 11.6 Å². The molecule has 2 heterocycles. The maximum Gasteiger partial charge on any atom is 0.255 e. The minimum absolute atomic E-state index is 0.0334. The summed E-state index contributed by atoms with van der Waals surface area (Å²) in [4.78, 5) is 31.5. The second-order valence-corrected chi connectivity index (χ2v) is 6.42. The maximum absolute atomic E-state index is 12.5. The van der Waals surface area contributed by atoms with E-state index in [0.29, 0.717) is 11.6 Å². The predicted octanol–water partition coefficient (Wildman–Crippen LogP) is 2.35. The molecule has 1 fully saturated rings. The highest BCUT2D eigenvalue weighted by Gasteiger charge is 2.20. The third-order valence-electron chi connectivity index (χ3n) is 4.43. The molecule has 0 aliphatic carbocycles. The Kier molecular flexibility index (Phi) is 5.16. The van der Waals surface area contributed by atoms with Crippen LogP contribution in [0.15, 0.2) is 35.1 Å². The van der Waals surface area contributed by atoms with Gasteiger partial charge in [0.15, 0.2) is 0 Å². The summed E-state index contributed by atoms with van der Waals surface area (Å²) in [5, 5.41) is 2.88. The van der Waals surface area contributed by atoms with Crippen molar-refractivity contribution in [3.63, 3.8) is 0 Å². The number of nitrogens with one attached hydrogen (secondary N) is 1. The number of rotatable bonds is 5. The van der Waals surface area contributed by atoms with Gasteiger partial charge >= 0.3 is 0 Å². The maximum atomic E-state index is 12.5. The number of nitrogens with zero attached hydrogens (tertiary/aromatic N) is 3. The van der Waals surface area contributed by atoms with Gasteiger partial charge in [-0.25, -0.2) is 4.98 Å². The fraction of sp³-hybridized carbons (Fsp3) is 0.421. The molecule has 25 heavy (non-hydrogen) atoms. The van der Waals surface area contributed by atoms with E-state index in [1.807, 2.05) is 31.2 Å². The lowest BCUT2D eigenvalue weighted by atomic mass is 10.1. The number of amides is 1. The average Bonchev–Trinajstić information content (AvgIpc) is 3.11. The van der Waals surface area contributed by atoms with Gasteiger partial charge in [0.1, 0.15) is 6.54 Å². The van der Waals surface area contributed by atoms with E-state index in [4.69, 9.17) is 0 Å². The lowest BCUT2D eigenvalue weighted by Crippen LogP contribution is -2.34. The molecular formula is C19H24N4O2. The van der Waals surface area contributed by atoms with Crippen molar-refractivity contribution in [2.24, 2.45) is 0 Å². The highest BCUT2D eigenvalue weighted by atomic mass is 16.2. The van der Waals surface area contributed by atoms with E-state index < -0.39 is 0 Å². The summed E-state index contributed by atoms with van der Waals surface area (Å²) >= 11 is 0. The summed E-state index contributed by atoms with van der Waals surface area (Å²) in [7, 11) is 0. The van der Waals surface area contributed by atoms with E-state index in [1.165, 1.54) is 10.6 Å². The quantitative estimate of drug-likeness (QED) is 0.907. The lowest BCUT2D eigenvalue weighted by Gasteiger charge is -2.21. The van der Waals surface area contributed by atoms with Crippen LogP contribution in [-0.2, 0) is 17.8 Å². The molecule has 1 aliphatic heterocycles. The van der Waals surface area contributed by atoms with Crippen molar-refractivity contribution >= 4 is 17.5 Å². The molecule has 0 bridgehead atoms. The Morgan fingerprint density at radius 1 is 1.24 bits per heavy atom. The topological polar surface area (TPSA) is 67.2 Å². The average molecular weight is 340 g/mol. The summed E-state index contributed by atoms with van der Waals surface area (Å²) in [6, 6.07) is 9.23. The Morgan fingerprint density at radius 2 is 2.00 bits per heavy atom. The van der Waals surface area contributed by atoms with E-state index in [2.05, 4.69) is 22.1 Å². The molecule has 0 atom stereocenters. The lowest BCUT2D eigenvalue weighted by molar-refractivity contribution is -0.116. The van der Waals surface area contributed by atoms with Gasteiger partial charge in [0.25, 0.3) is 5.56 Å². The molecule has 0 radical (unpaired) electrons. The third kappa shape index (κ3) is 4.07. The second kappa shape index (κ2) is 7.51. The second-order valence-electron chi connectivity index (χ2n) is 6.42. The summed E-state index contributed by atoms with van der Waals surface area (Å²) < 4.78 is 1.47. The number of carbonyl (C=O) groups excluding carboxylic acids is 1. The number of carbonyl (C=O) groups is 1. The van der Waals surface area contributed by atoms with Gasteiger partial charge in [0.2, 0.25) is 11.9 Å². The standard InChI is InChI=1S/C19H24N4O2/c1-3-15-7-6-8-16(12-15)21-17(24)13-23-18(25)11-14(2)20-19(23)22-9-4-5-10-22/h6-8,11-12H,3-5,9-10,13H2,1-2H3,(H,21,24). The van der Waals surface area contributed by atoms with Gasteiger partial charge in [0, 0.05) is 30.5 Å². The largest absolute Gasteiger partial charge is 0.342 e. The van der Waals surface area contributed by atoms with Crippen LogP contribution >= 0.6 is 0 Å². The van der Waals surface area contributed by atoms with Crippen LogP contribution in [0, 0.1) is 6.92 Å². The molecule has 0 unspecified atom stereocenters. The van der Waals surface area contributed by atoms with Crippen LogP contribution in [0.1, 0.15) is 31.0 Å². The minimum Gasteiger partial charge on any atom is -0.342 e. The summed E-state index contributed by atoms with van der Waals surface area (Å²) in [6.45, 7) is 5.59. The number of anilines is 2. The minimum atomic E-state index is -0.221. The first-order valence-electron chi connectivity index (χ1n) is 8.79. The van der Waals surface area contributed by atoms with Crippen LogP contribution in [0.2, 0.25) is 0 Å². The van der Waals surface area contributed by atoms with Gasteiger partial charge in [-0.2, -0.15) is 0 Å². The third-order valence-corrected chi connectivity index (χ3v) is 4.43. The number of hydrogen-bond donors (Lipinski definition) is 1. The molecule has 1 amide bonds. The zero-order chi connectivity index (χ0) is 17.8. The van der Waals surface area contributed by atoms with Gasteiger partial charge < -0.3 is 10.2 Å². The van der Waals surface area contributed by atoms with E-state index >= 15 is 0 Å². The fourth-order valence-corrected chi connectivity index (χ4v) is 3.13. The van der Waals surface area contributed by atoms with Crippen molar-refractivity contribution < 1.29 is 4.79 Å². The predicted molar refractivity (Wildman–Crippen MR) is 99.1 cm³/mol. The normalized spacial score (nSPS) is 13.9. The van der Waals surface area contributed by atoms with Crippen molar-refractivity contribution in [2.75, 3.05) is 23.3 Å². The van der Waals surface area contributed by atoms with Crippen LogP contribution in [0.3, 0.4) is 0 Å². The number of aryl methyl sites for hydroxylation is 2. The monoisotopic (exact) mass is 340 g/mol. The Labute approximate surface area is 147 Å². The smallest absolute Gasteiger partial charge is 0.255 e. The highest BCUT2D eigenvalue weighted by molar-refractivity contribution is 5.90. The first kappa shape index (κ1) is 17.2. The molecule has 0 saturated carbocycles. The molecule has 1 aromatic heterocycles. The van der Waals surface area contributed by atoms with Crippen LogP contribution in [-0.4, -0.2) is 28.5 Å². The molecule has 1 aliphatic rings. The van der Waals surface area contributed by atoms with Crippen LogP contribution in [0.25, 0.3) is 0 Å². The molecular weight excluding hydrogens is 316 g/mol. The van der Waals surface area contributed by atoms with Gasteiger partial charge in [-0.05, 0) is 43.9 Å². The Morgan fingerprint density at radius 3 is 2.72 bits per heavy atom. The van der Waals surface area contributed by atoms with Crippen molar-refractivity contribution in [1.29, 1.82) is 0 Å². The fourth-order valence-electron chi connectivity index (χ4n) is 3.13. The zero-order valence-electron chi connectivity index (χ0n) is 14.8. The molecule has 0 spiro atoms. The summed E-state index contributed by atoms with van der Waals surface area (Å²) in [5.41, 5.74) is 2.40. The van der Waals surface area contributed by atoms with Crippen LogP contribution in [0.5, 0.6) is 0 Å². The summed E-state index contributed by atoms with van der Waals surface area (Å²) in [6.07, 6.45) is 3.07. The molecule has 6 heteroatoms. The molecule has 1 saturated heterocycles. The van der Waals surface area contributed by atoms with Gasteiger partial charge in [-0.3, -0.25) is 14.2 Å². The van der Waals surface area contributed by atoms with Crippen molar-refractivity contribution in [3.8, 4) is 0 Å². The molecule has 2 aromatic rings. The Bertz CT molecular complexity index is 822. The highest BCUT2D eigenvalue weighted by Crippen LogP contribution is 2.17. The molecule has 132 valence electrons. The van der Waals surface area contributed by atoms with Gasteiger partial charge in [-0.1, -0.05) is 19.1 Å². The van der Waals surface area contributed by atoms with Crippen molar-refractivity contribution in [2.45, 2.75) is 39.7 Å². The Hall–Kier alpha value is -2.63. The number of benzene rings is 1. The number of aromatic nitrogens is 2. The van der Waals surface area contributed by atoms with Crippen molar-refractivity contribution in [1.82, 2.24) is 9.55 Å². The van der Waals surface area contributed by atoms with Gasteiger partial charge in [-0.15, -0.1) is 0 Å². The zero-order valence-corrected chi connectivity index (χ0v) is 14.8. The first-order chi connectivity index (χ1) is 12.1. The molecule has 3 rings (SSSR count). The molecule has 1 N–H and O–H groups in total. The SMILES string of the molecule is CCc1cccc(NC(=O)Cn2c(N3CCCC3)nc(C)cc2=O)c1. The first-order valence-corrected chi connectivity index (χ1v) is 8.79. The van der Waals surface area contributed by atoms with E-state index in [0.717, 1.165) is 43.6 Å². The Balaban J connectivity index is 1.81. The van der Waals surface area contributed by atoms with E-state index in [-0.39, 0.29) is 18.0 Å². The summed E-state index contributed by atoms with van der Waals surface area (Å²) in [5.74, 6) is 0.376. The molecule has 1 aromatic carbocycles. The van der Waals surface area contributed by atoms with E-state index in [9.17, 15) is 9.59 Å².